The van der Waals surface area contributed by atoms with E-state index >= 15 is 0 Å². The average Bonchev–Trinajstić information content (AvgIpc) is 2.49. The predicted molar refractivity (Wildman–Crippen MR) is 87.0 cm³/mol. The number of amides is 2. The van der Waals surface area contributed by atoms with Gasteiger partial charge >= 0.3 is 5.97 Å². The summed E-state index contributed by atoms with van der Waals surface area (Å²) in [5.74, 6) is -2.40. The van der Waals surface area contributed by atoms with E-state index in [0.29, 0.717) is 5.69 Å². The summed E-state index contributed by atoms with van der Waals surface area (Å²) in [5, 5.41) is 11.3. The van der Waals surface area contributed by atoms with E-state index < -0.39 is 23.8 Å². The van der Waals surface area contributed by atoms with E-state index in [-0.39, 0.29) is 12.8 Å². The molecule has 0 saturated heterocycles. The fourth-order valence-electron chi connectivity index (χ4n) is 1.68. The van der Waals surface area contributed by atoms with Gasteiger partial charge in [-0.1, -0.05) is 30.4 Å². The molecule has 0 aliphatic rings. The standard InChI is InChI=1S/C16H19N3O4/c17-12-7-5-11(6-8-12)3-1-2-4-15(21)19-13(16(22)23)9-10-14(18)20/h1-8,13H,9-10,17H2,(H2,18,20)(H,19,21)(H,22,23)/t13-/m0/s1. The summed E-state index contributed by atoms with van der Waals surface area (Å²) in [5.41, 5.74) is 12.1. The van der Waals surface area contributed by atoms with Crippen molar-refractivity contribution in [3.05, 3.63) is 48.1 Å². The van der Waals surface area contributed by atoms with Gasteiger partial charge in [-0.3, -0.25) is 9.59 Å². The molecule has 122 valence electrons. The van der Waals surface area contributed by atoms with Gasteiger partial charge in [-0.25, -0.2) is 4.79 Å². The molecule has 0 bridgehead atoms. The fraction of sp³-hybridized carbons (Fsp3) is 0.188. The number of carboxylic acid groups (broad SMARTS) is 1. The molecule has 1 aromatic rings. The van der Waals surface area contributed by atoms with Gasteiger partial charge in [0, 0.05) is 18.2 Å². The summed E-state index contributed by atoms with van der Waals surface area (Å²) >= 11 is 0. The first-order valence-corrected chi connectivity index (χ1v) is 6.90. The van der Waals surface area contributed by atoms with Crippen molar-refractivity contribution in [3.8, 4) is 0 Å². The third-order valence-corrected chi connectivity index (χ3v) is 2.88. The zero-order valence-electron chi connectivity index (χ0n) is 12.4. The third-order valence-electron chi connectivity index (χ3n) is 2.88. The maximum Gasteiger partial charge on any atom is 0.326 e. The molecule has 0 spiro atoms. The van der Waals surface area contributed by atoms with Crippen molar-refractivity contribution in [2.45, 2.75) is 18.9 Å². The minimum atomic E-state index is -1.22. The maximum atomic E-state index is 11.6. The largest absolute Gasteiger partial charge is 0.480 e. The first-order chi connectivity index (χ1) is 10.9. The van der Waals surface area contributed by atoms with Crippen LogP contribution in [0.3, 0.4) is 0 Å². The molecule has 7 heteroatoms. The van der Waals surface area contributed by atoms with Gasteiger partial charge in [-0.15, -0.1) is 0 Å². The molecule has 23 heavy (non-hydrogen) atoms. The summed E-state index contributed by atoms with van der Waals surface area (Å²) in [6.45, 7) is 0. The van der Waals surface area contributed by atoms with Crippen molar-refractivity contribution in [2.24, 2.45) is 5.73 Å². The lowest BCUT2D eigenvalue weighted by atomic mass is 10.1. The molecule has 0 aliphatic carbocycles. The van der Waals surface area contributed by atoms with E-state index in [1.54, 1.807) is 24.3 Å². The highest BCUT2D eigenvalue weighted by Crippen LogP contribution is 2.06. The van der Waals surface area contributed by atoms with Crippen LogP contribution in [0.15, 0.2) is 42.5 Å². The smallest absolute Gasteiger partial charge is 0.326 e. The number of primary amides is 1. The molecule has 0 heterocycles. The molecule has 0 saturated carbocycles. The summed E-state index contributed by atoms with van der Waals surface area (Å²) in [6, 6.07) is 6.01. The maximum absolute atomic E-state index is 11.6. The molecule has 6 N–H and O–H groups in total. The summed E-state index contributed by atoms with van der Waals surface area (Å²) in [6.07, 6.45) is 5.94. The van der Waals surface area contributed by atoms with Gasteiger partial charge in [0.25, 0.3) is 0 Å². The van der Waals surface area contributed by atoms with E-state index in [1.807, 2.05) is 12.1 Å². The SMILES string of the molecule is NC(=O)CC[C@H](NC(=O)C=CC=Cc1ccc(N)cc1)C(=O)O. The van der Waals surface area contributed by atoms with Crippen LogP contribution in [0.4, 0.5) is 5.69 Å². The number of benzene rings is 1. The van der Waals surface area contributed by atoms with Gasteiger partial charge in [0.05, 0.1) is 0 Å². The Balaban J connectivity index is 2.51. The van der Waals surface area contributed by atoms with Crippen molar-refractivity contribution in [3.63, 3.8) is 0 Å². The van der Waals surface area contributed by atoms with Crippen LogP contribution in [-0.2, 0) is 14.4 Å². The molecule has 0 aromatic heterocycles. The van der Waals surface area contributed by atoms with Gasteiger partial charge in [-0.2, -0.15) is 0 Å². The van der Waals surface area contributed by atoms with E-state index in [0.717, 1.165) is 5.56 Å². The second-order valence-electron chi connectivity index (χ2n) is 4.79. The Hall–Kier alpha value is -3.09. The molecular weight excluding hydrogens is 298 g/mol. The number of aliphatic carboxylic acids is 1. The van der Waals surface area contributed by atoms with Crippen molar-refractivity contribution in [1.82, 2.24) is 5.32 Å². The molecule has 2 amide bonds. The number of anilines is 1. The Morgan fingerprint density at radius 1 is 1.17 bits per heavy atom. The lowest BCUT2D eigenvalue weighted by Gasteiger charge is -2.11. The van der Waals surface area contributed by atoms with Crippen molar-refractivity contribution < 1.29 is 19.5 Å². The monoisotopic (exact) mass is 317 g/mol. The zero-order valence-corrected chi connectivity index (χ0v) is 12.4. The highest BCUT2D eigenvalue weighted by Gasteiger charge is 2.19. The highest BCUT2D eigenvalue weighted by atomic mass is 16.4. The minimum Gasteiger partial charge on any atom is -0.480 e. The summed E-state index contributed by atoms with van der Waals surface area (Å²) < 4.78 is 0. The Labute approximate surface area is 133 Å². The lowest BCUT2D eigenvalue weighted by Crippen LogP contribution is -2.40. The normalized spacial score (nSPS) is 12.3. The van der Waals surface area contributed by atoms with Gasteiger partial charge < -0.3 is 21.9 Å². The van der Waals surface area contributed by atoms with Crippen LogP contribution in [-0.4, -0.2) is 28.9 Å². The number of nitrogen functional groups attached to an aromatic ring is 1. The van der Waals surface area contributed by atoms with Crippen molar-refractivity contribution >= 4 is 29.5 Å². The van der Waals surface area contributed by atoms with Gasteiger partial charge in [0.2, 0.25) is 11.8 Å². The number of hydrogen-bond acceptors (Lipinski definition) is 4. The molecular formula is C16H19N3O4. The van der Waals surface area contributed by atoms with Crippen LogP contribution in [0.2, 0.25) is 0 Å². The second-order valence-corrected chi connectivity index (χ2v) is 4.79. The van der Waals surface area contributed by atoms with Crippen LogP contribution in [0.25, 0.3) is 6.08 Å². The van der Waals surface area contributed by atoms with E-state index in [1.165, 1.54) is 12.2 Å². The molecule has 1 rings (SSSR count). The Morgan fingerprint density at radius 2 is 1.83 bits per heavy atom. The Morgan fingerprint density at radius 3 is 2.39 bits per heavy atom. The third kappa shape index (κ3) is 7.47. The van der Waals surface area contributed by atoms with Gasteiger partial charge in [-0.05, 0) is 24.1 Å². The molecule has 0 fully saturated rings. The van der Waals surface area contributed by atoms with E-state index in [4.69, 9.17) is 16.6 Å². The van der Waals surface area contributed by atoms with E-state index in [2.05, 4.69) is 5.32 Å². The summed E-state index contributed by atoms with van der Waals surface area (Å²) in [4.78, 5) is 33.3. The number of carbonyl (C=O) groups is 3. The molecule has 0 aliphatic heterocycles. The number of rotatable bonds is 8. The molecule has 1 atom stereocenters. The highest BCUT2D eigenvalue weighted by molar-refractivity contribution is 5.91. The Bertz CT molecular complexity index is 621. The van der Waals surface area contributed by atoms with E-state index in [9.17, 15) is 14.4 Å². The number of hydrogen-bond donors (Lipinski definition) is 4. The topological polar surface area (TPSA) is 136 Å². The number of allylic oxidation sites excluding steroid dienone is 2. The quantitative estimate of drug-likeness (QED) is 0.317. The average molecular weight is 317 g/mol. The number of carboxylic acids is 1. The number of carbonyl (C=O) groups excluding carboxylic acids is 2. The number of nitrogens with one attached hydrogen (secondary N) is 1. The molecule has 0 unspecified atom stereocenters. The lowest BCUT2D eigenvalue weighted by molar-refractivity contribution is -0.141. The first kappa shape index (κ1) is 18.0. The Kier molecular flexibility index (Phi) is 7.06. The minimum absolute atomic E-state index is 0.0501. The van der Waals surface area contributed by atoms with Crippen LogP contribution in [0.1, 0.15) is 18.4 Å². The van der Waals surface area contributed by atoms with Gasteiger partial charge in [0.15, 0.2) is 0 Å². The van der Waals surface area contributed by atoms with Crippen molar-refractivity contribution in [1.29, 1.82) is 0 Å². The molecule has 0 radical (unpaired) electrons. The fourth-order valence-corrected chi connectivity index (χ4v) is 1.68. The van der Waals surface area contributed by atoms with Crippen LogP contribution in [0, 0.1) is 0 Å². The zero-order chi connectivity index (χ0) is 17.2. The second kappa shape index (κ2) is 9.04. The van der Waals surface area contributed by atoms with Crippen LogP contribution < -0.4 is 16.8 Å². The predicted octanol–water partition coefficient (Wildman–Crippen LogP) is 0.673. The number of nitrogens with two attached hydrogens (primary N) is 2. The van der Waals surface area contributed by atoms with Crippen LogP contribution >= 0.6 is 0 Å². The summed E-state index contributed by atoms with van der Waals surface area (Å²) in [7, 11) is 0. The van der Waals surface area contributed by atoms with Crippen LogP contribution in [0.5, 0.6) is 0 Å². The molecule has 7 nitrogen and oxygen atoms in total. The van der Waals surface area contributed by atoms with Gasteiger partial charge in [0.1, 0.15) is 6.04 Å². The van der Waals surface area contributed by atoms with Crippen molar-refractivity contribution in [2.75, 3.05) is 5.73 Å². The molecule has 1 aromatic carbocycles. The first-order valence-electron chi connectivity index (χ1n) is 6.90.